The maximum absolute atomic E-state index is 6.70. The van der Waals surface area contributed by atoms with E-state index in [4.69, 9.17) is 26.3 Å². The maximum Gasteiger partial charge on any atom is 0.318 e. The first-order valence-electron chi connectivity index (χ1n) is 13.3. The number of nitrogens with zero attached hydrogens (tertiary/aromatic N) is 5. The quantitative estimate of drug-likeness (QED) is 0.558. The SMILES string of the molecule is CN1CCC[C@H]1COc1nc2c(c(N3CCNCC3)n1)CCCN(c1cccc3cccc(Cl)c13)C2. The van der Waals surface area contributed by atoms with Gasteiger partial charge in [-0.1, -0.05) is 35.9 Å². The summed E-state index contributed by atoms with van der Waals surface area (Å²) < 4.78 is 6.28. The summed E-state index contributed by atoms with van der Waals surface area (Å²) >= 11 is 6.70. The number of likely N-dealkylation sites (tertiary alicyclic amines) is 1. The van der Waals surface area contributed by atoms with E-state index in [2.05, 4.69) is 51.3 Å². The zero-order valence-electron chi connectivity index (χ0n) is 21.0. The molecule has 0 amide bonds. The van der Waals surface area contributed by atoms with Crippen LogP contribution in [0.4, 0.5) is 11.5 Å². The highest BCUT2D eigenvalue weighted by Crippen LogP contribution is 2.36. The molecule has 0 saturated carbocycles. The molecule has 6 rings (SSSR count). The third-order valence-corrected chi connectivity index (χ3v) is 8.23. The van der Waals surface area contributed by atoms with Gasteiger partial charge >= 0.3 is 6.01 Å². The number of piperazine rings is 1. The second kappa shape index (κ2) is 10.4. The lowest BCUT2D eigenvalue weighted by molar-refractivity contribution is 0.187. The number of hydrogen-bond donors (Lipinski definition) is 1. The number of halogens is 1. The fraction of sp³-hybridized carbons (Fsp3) is 0.500. The van der Waals surface area contributed by atoms with Crippen LogP contribution in [-0.4, -0.2) is 73.8 Å². The van der Waals surface area contributed by atoms with E-state index in [0.29, 0.717) is 18.7 Å². The van der Waals surface area contributed by atoms with Gasteiger partial charge in [0.05, 0.1) is 17.3 Å². The predicted molar refractivity (Wildman–Crippen MR) is 147 cm³/mol. The molecule has 2 saturated heterocycles. The van der Waals surface area contributed by atoms with E-state index in [1.54, 1.807) is 0 Å². The summed E-state index contributed by atoms with van der Waals surface area (Å²) in [7, 11) is 2.18. The minimum absolute atomic E-state index is 0.435. The summed E-state index contributed by atoms with van der Waals surface area (Å²) in [6, 6.07) is 13.5. The number of anilines is 2. The number of rotatable bonds is 5. The highest BCUT2D eigenvalue weighted by Gasteiger charge is 2.27. The number of fused-ring (bicyclic) bond motifs is 2. The topological polar surface area (TPSA) is 56.8 Å². The summed E-state index contributed by atoms with van der Waals surface area (Å²) in [6.45, 7) is 7.30. The average Bonchev–Trinajstić information content (AvgIpc) is 3.19. The zero-order valence-corrected chi connectivity index (χ0v) is 21.8. The van der Waals surface area contributed by atoms with Gasteiger partial charge in [-0.2, -0.15) is 9.97 Å². The Hall–Kier alpha value is -2.61. The molecule has 0 spiro atoms. The molecule has 4 heterocycles. The highest BCUT2D eigenvalue weighted by atomic mass is 35.5. The van der Waals surface area contributed by atoms with Gasteiger partial charge in [-0.15, -0.1) is 0 Å². The molecule has 1 atom stereocenters. The fourth-order valence-corrected chi connectivity index (χ4v) is 6.18. The van der Waals surface area contributed by atoms with Crippen LogP contribution in [0.2, 0.25) is 5.02 Å². The van der Waals surface area contributed by atoms with Crippen LogP contribution in [-0.2, 0) is 13.0 Å². The van der Waals surface area contributed by atoms with Crippen LogP contribution < -0.4 is 19.9 Å². The van der Waals surface area contributed by atoms with Crippen LogP contribution in [0.1, 0.15) is 30.5 Å². The van der Waals surface area contributed by atoms with Gasteiger partial charge in [0.2, 0.25) is 0 Å². The number of nitrogens with one attached hydrogen (secondary N) is 1. The Morgan fingerprint density at radius 2 is 1.83 bits per heavy atom. The first-order valence-corrected chi connectivity index (χ1v) is 13.7. The van der Waals surface area contributed by atoms with Gasteiger partial charge in [-0.05, 0) is 56.8 Å². The first kappa shape index (κ1) is 23.8. The van der Waals surface area contributed by atoms with E-state index < -0.39 is 0 Å². The van der Waals surface area contributed by atoms with Gasteiger partial charge in [0.25, 0.3) is 0 Å². The molecular formula is C28H35ClN6O. The third kappa shape index (κ3) is 4.72. The Balaban J connectivity index is 1.36. The summed E-state index contributed by atoms with van der Waals surface area (Å²) in [4.78, 5) is 17.3. The Morgan fingerprint density at radius 1 is 1.00 bits per heavy atom. The minimum Gasteiger partial charge on any atom is -0.462 e. The van der Waals surface area contributed by atoms with E-state index in [0.717, 1.165) is 80.6 Å². The van der Waals surface area contributed by atoms with E-state index >= 15 is 0 Å². The second-order valence-electron chi connectivity index (χ2n) is 10.2. The molecule has 3 aromatic rings. The summed E-state index contributed by atoms with van der Waals surface area (Å²) in [6.07, 6.45) is 4.41. The largest absolute Gasteiger partial charge is 0.462 e. The van der Waals surface area contributed by atoms with Gasteiger partial charge in [-0.3, -0.25) is 0 Å². The lowest BCUT2D eigenvalue weighted by Gasteiger charge is -2.31. The van der Waals surface area contributed by atoms with Crippen molar-refractivity contribution < 1.29 is 4.74 Å². The van der Waals surface area contributed by atoms with Gasteiger partial charge in [-0.25, -0.2) is 0 Å². The maximum atomic E-state index is 6.70. The number of likely N-dealkylation sites (N-methyl/N-ethyl adjacent to an activating group) is 1. The fourth-order valence-electron chi connectivity index (χ4n) is 5.90. The van der Waals surface area contributed by atoms with Crippen molar-refractivity contribution in [3.63, 3.8) is 0 Å². The van der Waals surface area contributed by atoms with Crippen LogP contribution >= 0.6 is 11.6 Å². The predicted octanol–water partition coefficient (Wildman–Crippen LogP) is 4.12. The van der Waals surface area contributed by atoms with Crippen LogP contribution in [0.3, 0.4) is 0 Å². The third-order valence-electron chi connectivity index (χ3n) is 7.91. The molecule has 36 heavy (non-hydrogen) atoms. The van der Waals surface area contributed by atoms with Crippen molar-refractivity contribution in [1.82, 2.24) is 20.2 Å². The molecule has 1 aromatic heterocycles. The van der Waals surface area contributed by atoms with Crippen molar-refractivity contribution in [2.24, 2.45) is 0 Å². The molecule has 1 N–H and O–H groups in total. The number of ether oxygens (including phenoxy) is 1. The smallest absolute Gasteiger partial charge is 0.318 e. The first-order chi connectivity index (χ1) is 17.7. The Kier molecular flexibility index (Phi) is 6.87. The molecule has 2 fully saturated rings. The van der Waals surface area contributed by atoms with E-state index in [-0.39, 0.29) is 0 Å². The lowest BCUT2D eigenvalue weighted by Crippen LogP contribution is -2.44. The van der Waals surface area contributed by atoms with Gasteiger partial charge < -0.3 is 24.8 Å². The van der Waals surface area contributed by atoms with Crippen LogP contribution in [0.15, 0.2) is 36.4 Å². The normalized spacial score (nSPS) is 21.0. The van der Waals surface area contributed by atoms with Gasteiger partial charge in [0.1, 0.15) is 12.4 Å². The van der Waals surface area contributed by atoms with Gasteiger partial charge in [0.15, 0.2) is 0 Å². The average molecular weight is 507 g/mol. The summed E-state index contributed by atoms with van der Waals surface area (Å²) in [5.41, 5.74) is 3.52. The molecule has 3 aliphatic rings. The Morgan fingerprint density at radius 3 is 2.64 bits per heavy atom. The van der Waals surface area contributed by atoms with E-state index in [1.165, 1.54) is 29.5 Å². The molecule has 0 aliphatic carbocycles. The Labute approximate surface area is 218 Å². The van der Waals surface area contributed by atoms with Crippen LogP contribution in [0, 0.1) is 0 Å². The molecule has 2 aromatic carbocycles. The molecule has 8 heteroatoms. The molecule has 7 nitrogen and oxygen atoms in total. The van der Waals surface area contributed by atoms with Crippen molar-refractivity contribution in [3.05, 3.63) is 52.7 Å². The number of hydrogen-bond acceptors (Lipinski definition) is 7. The number of aromatic nitrogens is 2. The molecule has 0 bridgehead atoms. The van der Waals surface area contributed by atoms with Crippen LogP contribution in [0.25, 0.3) is 10.8 Å². The van der Waals surface area contributed by atoms with Crippen molar-refractivity contribution in [3.8, 4) is 6.01 Å². The highest BCUT2D eigenvalue weighted by molar-refractivity contribution is 6.36. The monoisotopic (exact) mass is 506 g/mol. The van der Waals surface area contributed by atoms with Crippen molar-refractivity contribution in [1.29, 1.82) is 0 Å². The Bertz CT molecular complexity index is 1220. The number of benzene rings is 2. The lowest BCUT2D eigenvalue weighted by atomic mass is 10.1. The molecule has 0 unspecified atom stereocenters. The molecular weight excluding hydrogens is 472 g/mol. The zero-order chi connectivity index (χ0) is 24.5. The summed E-state index contributed by atoms with van der Waals surface area (Å²) in [5.74, 6) is 1.06. The summed E-state index contributed by atoms with van der Waals surface area (Å²) in [5, 5.41) is 6.54. The standard InChI is InChI=1S/C28H35ClN6O/c1-33-14-4-8-21(33)19-36-28-31-24-18-35(25-11-3-7-20-6-2-10-23(29)26(20)25)15-5-9-22(24)27(32-28)34-16-12-30-13-17-34/h2-3,6-7,10-11,21,30H,4-5,8-9,12-19H2,1H3/t21-/m0/s1. The van der Waals surface area contributed by atoms with Gasteiger partial charge in [0, 0.05) is 55.4 Å². The van der Waals surface area contributed by atoms with Crippen molar-refractivity contribution in [2.45, 2.75) is 38.3 Å². The molecule has 3 aliphatic heterocycles. The second-order valence-corrected chi connectivity index (χ2v) is 10.6. The van der Waals surface area contributed by atoms with Crippen molar-refractivity contribution in [2.75, 3.05) is 62.7 Å². The molecule has 190 valence electrons. The van der Waals surface area contributed by atoms with Crippen molar-refractivity contribution >= 4 is 33.9 Å². The van der Waals surface area contributed by atoms with Crippen LogP contribution in [0.5, 0.6) is 6.01 Å². The van der Waals surface area contributed by atoms with E-state index in [1.807, 2.05) is 12.1 Å². The van der Waals surface area contributed by atoms with E-state index in [9.17, 15) is 0 Å². The molecule has 0 radical (unpaired) electrons. The minimum atomic E-state index is 0.435.